The van der Waals surface area contributed by atoms with Crippen molar-refractivity contribution >= 4 is 11.6 Å². The second-order valence-electron chi connectivity index (χ2n) is 6.47. The van der Waals surface area contributed by atoms with Crippen LogP contribution in [0.25, 0.3) is 11.3 Å². The lowest BCUT2D eigenvalue weighted by Gasteiger charge is -2.07. The smallest absolute Gasteiger partial charge is 0.274 e. The van der Waals surface area contributed by atoms with Gasteiger partial charge in [-0.05, 0) is 32.9 Å². The van der Waals surface area contributed by atoms with Crippen LogP contribution < -0.4 is 5.32 Å². The van der Waals surface area contributed by atoms with Crippen LogP contribution in [0.1, 0.15) is 33.1 Å². The van der Waals surface area contributed by atoms with Crippen LogP contribution in [0.4, 0.5) is 0 Å². The van der Waals surface area contributed by atoms with Gasteiger partial charge in [-0.25, -0.2) is 14.6 Å². The van der Waals surface area contributed by atoms with E-state index in [2.05, 4.69) is 20.4 Å². The van der Waals surface area contributed by atoms with Crippen molar-refractivity contribution in [2.75, 3.05) is 0 Å². The van der Waals surface area contributed by atoms with E-state index < -0.39 is 0 Å². The summed E-state index contributed by atoms with van der Waals surface area (Å²) in [5, 5.41) is 7.57. The van der Waals surface area contributed by atoms with E-state index in [-0.39, 0.29) is 5.91 Å². The summed E-state index contributed by atoms with van der Waals surface area (Å²) >= 11 is 0. The summed E-state index contributed by atoms with van der Waals surface area (Å²) < 4.78 is 3.70. The molecule has 3 aromatic heterocycles. The largest absolute Gasteiger partial charge is 0.346 e. The number of hydrogen-bond acceptors (Lipinski definition) is 4. The van der Waals surface area contributed by atoms with Crippen LogP contribution in [0.2, 0.25) is 0 Å². The number of benzene rings is 1. The molecule has 3 heterocycles. The van der Waals surface area contributed by atoms with Crippen LogP contribution >= 0.6 is 0 Å². The van der Waals surface area contributed by atoms with Crippen molar-refractivity contribution in [2.45, 2.75) is 27.3 Å². The van der Waals surface area contributed by atoms with Crippen molar-refractivity contribution < 1.29 is 4.79 Å². The summed E-state index contributed by atoms with van der Waals surface area (Å²) in [6.45, 7) is 6.22. The predicted molar refractivity (Wildman–Crippen MR) is 102 cm³/mol. The lowest BCUT2D eigenvalue weighted by atomic mass is 10.2. The normalized spacial score (nSPS) is 11.1. The van der Waals surface area contributed by atoms with Gasteiger partial charge >= 0.3 is 0 Å². The Morgan fingerprint density at radius 1 is 1.15 bits per heavy atom. The molecule has 0 saturated heterocycles. The summed E-state index contributed by atoms with van der Waals surface area (Å²) in [4.78, 5) is 21.3. The molecule has 0 unspecified atom stereocenters. The van der Waals surface area contributed by atoms with Gasteiger partial charge in [0.1, 0.15) is 0 Å². The summed E-state index contributed by atoms with van der Waals surface area (Å²) in [5.41, 5.74) is 5.60. The minimum absolute atomic E-state index is 0.252. The fourth-order valence-electron chi connectivity index (χ4n) is 3.21. The molecular formula is C20H20N6O. The lowest BCUT2D eigenvalue weighted by Crippen LogP contribution is -2.25. The highest BCUT2D eigenvalue weighted by Gasteiger charge is 2.17. The first-order valence-corrected chi connectivity index (χ1v) is 8.73. The van der Waals surface area contributed by atoms with Crippen molar-refractivity contribution in [3.8, 4) is 5.69 Å². The molecule has 0 radical (unpaired) electrons. The quantitative estimate of drug-likeness (QED) is 0.607. The maximum absolute atomic E-state index is 12.7. The molecule has 0 spiro atoms. The summed E-state index contributed by atoms with van der Waals surface area (Å²) in [6.07, 6.45) is 5.25. The first-order chi connectivity index (χ1) is 13.0. The number of carbonyl (C=O) groups excluding carboxylic acids is 1. The Morgan fingerprint density at radius 3 is 2.70 bits per heavy atom. The van der Waals surface area contributed by atoms with Crippen molar-refractivity contribution in [1.29, 1.82) is 0 Å². The van der Waals surface area contributed by atoms with E-state index in [0.29, 0.717) is 17.9 Å². The van der Waals surface area contributed by atoms with Crippen molar-refractivity contribution in [3.05, 3.63) is 77.3 Å². The number of nitrogens with one attached hydrogen (secondary N) is 1. The van der Waals surface area contributed by atoms with Gasteiger partial charge in [0.05, 0.1) is 17.1 Å². The minimum Gasteiger partial charge on any atom is -0.346 e. The first kappa shape index (κ1) is 17.0. The Morgan fingerprint density at radius 2 is 1.93 bits per heavy atom. The Labute approximate surface area is 156 Å². The fraction of sp³-hybridized carbons (Fsp3) is 0.200. The van der Waals surface area contributed by atoms with E-state index in [1.807, 2.05) is 62.0 Å². The molecule has 136 valence electrons. The Balaban J connectivity index is 1.58. The number of hydrogen-bond donors (Lipinski definition) is 1. The third-order valence-electron chi connectivity index (χ3n) is 4.58. The van der Waals surface area contributed by atoms with Gasteiger partial charge in [-0.2, -0.15) is 5.10 Å². The van der Waals surface area contributed by atoms with Gasteiger partial charge < -0.3 is 9.72 Å². The van der Waals surface area contributed by atoms with Crippen molar-refractivity contribution in [1.82, 2.24) is 29.5 Å². The SMILES string of the molecule is Cc1cn2ccnc(C(=O)NCc3c(C)nn(-c4ccccc4)c3C)c2n1. The Bertz CT molecular complexity index is 1130. The highest BCUT2D eigenvalue weighted by atomic mass is 16.1. The Kier molecular flexibility index (Phi) is 4.19. The van der Waals surface area contributed by atoms with Gasteiger partial charge in [0.25, 0.3) is 5.91 Å². The van der Waals surface area contributed by atoms with Crippen LogP contribution in [0, 0.1) is 20.8 Å². The van der Waals surface area contributed by atoms with Gasteiger partial charge in [-0.3, -0.25) is 4.79 Å². The zero-order valence-corrected chi connectivity index (χ0v) is 15.5. The predicted octanol–water partition coefficient (Wildman–Crippen LogP) is 2.77. The molecule has 0 aliphatic heterocycles. The van der Waals surface area contributed by atoms with Crippen molar-refractivity contribution in [3.63, 3.8) is 0 Å². The van der Waals surface area contributed by atoms with E-state index >= 15 is 0 Å². The molecule has 0 atom stereocenters. The molecule has 1 aromatic carbocycles. The first-order valence-electron chi connectivity index (χ1n) is 8.73. The topological polar surface area (TPSA) is 77.1 Å². The lowest BCUT2D eigenvalue weighted by molar-refractivity contribution is 0.0947. The summed E-state index contributed by atoms with van der Waals surface area (Å²) in [5.74, 6) is -0.252. The van der Waals surface area contributed by atoms with Gasteiger partial charge in [0, 0.05) is 36.4 Å². The fourth-order valence-corrected chi connectivity index (χ4v) is 3.21. The van der Waals surface area contributed by atoms with E-state index in [1.165, 1.54) is 0 Å². The number of rotatable bonds is 4. The standard InChI is InChI=1S/C20H20N6O/c1-13-12-25-10-9-21-18(19(25)23-13)20(27)22-11-17-14(2)24-26(15(17)3)16-7-5-4-6-8-16/h4-10,12H,11H2,1-3H3,(H,22,27). The molecule has 0 saturated carbocycles. The average Bonchev–Trinajstić information content (AvgIpc) is 3.19. The van der Waals surface area contributed by atoms with E-state index in [4.69, 9.17) is 0 Å². The van der Waals surface area contributed by atoms with Crippen molar-refractivity contribution in [2.24, 2.45) is 0 Å². The molecule has 0 aliphatic rings. The van der Waals surface area contributed by atoms with Crippen LogP contribution in [-0.4, -0.2) is 30.1 Å². The van der Waals surface area contributed by atoms with Crippen LogP contribution in [0.3, 0.4) is 0 Å². The van der Waals surface area contributed by atoms with E-state index in [1.54, 1.807) is 16.8 Å². The molecule has 4 rings (SSSR count). The van der Waals surface area contributed by atoms with Crippen LogP contribution in [0.15, 0.2) is 48.9 Å². The number of aromatic nitrogens is 5. The number of carbonyl (C=O) groups is 1. The number of amides is 1. The van der Waals surface area contributed by atoms with Gasteiger partial charge in [-0.15, -0.1) is 0 Å². The summed E-state index contributed by atoms with van der Waals surface area (Å²) in [6, 6.07) is 9.94. The Hall–Kier alpha value is -3.48. The highest BCUT2D eigenvalue weighted by molar-refractivity contribution is 5.97. The van der Waals surface area contributed by atoms with E-state index in [0.717, 1.165) is 28.3 Å². The second kappa shape index (κ2) is 6.68. The molecular weight excluding hydrogens is 340 g/mol. The number of imidazole rings is 1. The monoisotopic (exact) mass is 360 g/mol. The molecule has 27 heavy (non-hydrogen) atoms. The molecule has 1 amide bonds. The number of aryl methyl sites for hydroxylation is 2. The molecule has 0 aliphatic carbocycles. The zero-order valence-electron chi connectivity index (χ0n) is 15.5. The number of fused-ring (bicyclic) bond motifs is 1. The third kappa shape index (κ3) is 3.08. The molecule has 7 heteroatoms. The molecule has 1 N–H and O–H groups in total. The average molecular weight is 360 g/mol. The number of nitrogens with zero attached hydrogens (tertiary/aromatic N) is 5. The van der Waals surface area contributed by atoms with Crippen LogP contribution in [0.5, 0.6) is 0 Å². The van der Waals surface area contributed by atoms with Gasteiger partial charge in [-0.1, -0.05) is 18.2 Å². The van der Waals surface area contributed by atoms with Gasteiger partial charge in [0.2, 0.25) is 0 Å². The molecule has 0 bridgehead atoms. The maximum atomic E-state index is 12.7. The zero-order chi connectivity index (χ0) is 19.0. The molecule has 7 nitrogen and oxygen atoms in total. The van der Waals surface area contributed by atoms with Gasteiger partial charge in [0.15, 0.2) is 11.3 Å². The van der Waals surface area contributed by atoms with Crippen LogP contribution in [-0.2, 0) is 6.54 Å². The second-order valence-corrected chi connectivity index (χ2v) is 6.47. The number of para-hydroxylation sites is 1. The van der Waals surface area contributed by atoms with E-state index in [9.17, 15) is 4.79 Å². The molecule has 4 aromatic rings. The molecule has 0 fully saturated rings. The third-order valence-corrected chi connectivity index (χ3v) is 4.58. The maximum Gasteiger partial charge on any atom is 0.274 e. The minimum atomic E-state index is -0.252. The summed E-state index contributed by atoms with van der Waals surface area (Å²) in [7, 11) is 0. The highest BCUT2D eigenvalue weighted by Crippen LogP contribution is 2.18.